The van der Waals surface area contributed by atoms with Crippen LogP contribution in [0.25, 0.3) is 32.9 Å². The van der Waals surface area contributed by atoms with Crippen molar-refractivity contribution < 1.29 is 47.5 Å². The number of aromatic nitrogens is 2. The molecule has 6 rings (SSSR count). The number of fused-ring (bicyclic) bond motifs is 2. The maximum Gasteiger partial charge on any atom is 0.343 e. The minimum Gasteiger partial charge on any atom is -0.490 e. The van der Waals surface area contributed by atoms with Crippen LogP contribution in [0.1, 0.15) is 525 Å². The van der Waals surface area contributed by atoms with Crippen LogP contribution in [0.4, 0.5) is 0 Å². The third-order valence-corrected chi connectivity index (χ3v) is 26.2. The first kappa shape index (κ1) is 110. The molecule has 0 saturated heterocycles. The molecule has 0 N–H and O–H groups in total. The molecule has 0 spiro atoms. The van der Waals surface area contributed by atoms with Gasteiger partial charge in [-0.1, -0.05) is 514 Å². The lowest BCUT2D eigenvalue weighted by Crippen LogP contribution is -2.12. The molecule has 0 saturated carbocycles. The average Bonchev–Trinajstić information content (AvgIpc) is 0.760. The Bertz CT molecular complexity index is 3340. The zero-order valence-corrected chi connectivity index (χ0v) is 83.2. The van der Waals surface area contributed by atoms with E-state index in [1.54, 1.807) is 36.7 Å². The SMILES string of the molecule is CCCCCCCCCCCCCCOc1cc(C(=O)Oc2cnc(-c3ncc(OC(=O)c4cc(OCCCCCCCCCCCCCC)c(OCCCCCCCCCCCCCC)c(OCCCCCCCCCCCCCC)c4)c4ccccc34)c3ccccc23)cc(OCCCCCCCCCCCCCC)c1OCCCCCCCCCCCCCC. The first-order valence-corrected chi connectivity index (χ1v) is 54.7. The van der Waals surface area contributed by atoms with Crippen LogP contribution in [-0.2, 0) is 0 Å². The van der Waals surface area contributed by atoms with Crippen LogP contribution in [0.3, 0.4) is 0 Å². The maximum absolute atomic E-state index is 15.1. The van der Waals surface area contributed by atoms with Crippen molar-refractivity contribution >= 4 is 33.5 Å². The van der Waals surface area contributed by atoms with Gasteiger partial charge in [0, 0.05) is 21.5 Å². The summed E-state index contributed by atoms with van der Waals surface area (Å²) in [7, 11) is 0. The van der Waals surface area contributed by atoms with Gasteiger partial charge in [-0.2, -0.15) is 0 Å². The zero-order valence-electron chi connectivity index (χ0n) is 83.2. The summed E-state index contributed by atoms with van der Waals surface area (Å²) in [6.45, 7) is 16.8. The number of benzene rings is 4. The molecule has 4 aromatic carbocycles. The van der Waals surface area contributed by atoms with Crippen LogP contribution in [0.15, 0.2) is 85.2 Å². The Kier molecular flexibility index (Phi) is 66.2. The molecule has 0 aliphatic carbocycles. The summed E-state index contributed by atoms with van der Waals surface area (Å²) in [6, 6.07) is 23.0. The molecule has 6 aromatic rings. The topological polar surface area (TPSA) is 134 Å². The van der Waals surface area contributed by atoms with Gasteiger partial charge in [0.25, 0.3) is 0 Å². The minimum atomic E-state index is -0.550. The highest BCUT2D eigenvalue weighted by Crippen LogP contribution is 2.44. The third-order valence-electron chi connectivity index (χ3n) is 26.2. The highest BCUT2D eigenvalue weighted by atomic mass is 16.6. The minimum absolute atomic E-state index is 0.310. The molecule has 0 radical (unpaired) electrons. The normalized spacial score (nSPS) is 11.5. The van der Waals surface area contributed by atoms with Crippen LogP contribution in [0.5, 0.6) is 46.0 Å². The number of pyridine rings is 2. The van der Waals surface area contributed by atoms with Gasteiger partial charge in [0.2, 0.25) is 11.5 Å². The monoisotopic (exact) mass is 1770 g/mol. The standard InChI is InChI=1S/C116H188N2O10/c1-7-13-19-25-31-37-43-49-55-61-67-77-87-121-105-93-99(94-106(122-88-78-68-62-56-50-44-38-32-26-20-14-8-2)113(105)125-91-81-71-65-59-53-47-41-35-29-23-17-11-5)115(119)127-109-97-117-111(103-85-75-73-83-101(103)109)112-104-86-76-74-84-102(104)110(98-118-112)128-116(120)100-95-107(123-89-79-69-63-57-51-45-39-33-27-21-15-9-3)114(126-92-82-72-66-60-54-48-42-36-30-24-18-12-6)108(96-100)124-90-80-70-64-58-52-46-40-34-28-22-16-10-4/h73-76,83-86,93-98H,7-72,77-82,87-92H2,1-6H3. The van der Waals surface area contributed by atoms with E-state index < -0.39 is 11.9 Å². The Hall–Kier alpha value is -6.56. The molecule has 128 heavy (non-hydrogen) atoms. The number of hydrogen-bond acceptors (Lipinski definition) is 12. The lowest BCUT2D eigenvalue weighted by molar-refractivity contribution is 0.0726. The van der Waals surface area contributed by atoms with Gasteiger partial charge in [-0.05, 0) is 62.8 Å². The number of nitrogens with zero attached hydrogens (tertiary/aromatic N) is 2. The lowest BCUT2D eigenvalue weighted by atomic mass is 10.0. The summed E-state index contributed by atoms with van der Waals surface area (Å²) in [5.74, 6) is 2.70. The Morgan fingerprint density at radius 2 is 0.367 bits per heavy atom. The summed E-state index contributed by atoms with van der Waals surface area (Å²) in [5.41, 5.74) is 1.81. The molecule has 12 nitrogen and oxygen atoms in total. The number of carbonyl (C=O) groups is 2. The number of hydrogen-bond donors (Lipinski definition) is 0. The van der Waals surface area contributed by atoms with E-state index in [0.717, 1.165) is 87.8 Å². The predicted octanol–water partition coefficient (Wildman–Crippen LogP) is 37.4. The Morgan fingerprint density at radius 1 is 0.203 bits per heavy atom. The van der Waals surface area contributed by atoms with Gasteiger partial charge in [0.15, 0.2) is 34.5 Å². The molecular formula is C116H188N2O10. The van der Waals surface area contributed by atoms with Crippen LogP contribution in [0, 0.1) is 0 Å². The van der Waals surface area contributed by atoms with E-state index in [1.165, 1.54) is 385 Å². The summed E-state index contributed by atoms with van der Waals surface area (Å²) in [6.07, 6.45) is 93.7. The van der Waals surface area contributed by atoms with Crippen molar-refractivity contribution in [1.29, 1.82) is 0 Å². The van der Waals surface area contributed by atoms with Crippen molar-refractivity contribution in [2.75, 3.05) is 39.6 Å². The van der Waals surface area contributed by atoms with Gasteiger partial charge in [-0.3, -0.25) is 9.97 Å². The fourth-order valence-corrected chi connectivity index (χ4v) is 18.0. The van der Waals surface area contributed by atoms with Crippen LogP contribution >= 0.6 is 0 Å². The Morgan fingerprint density at radius 3 is 0.555 bits per heavy atom. The quantitative estimate of drug-likeness (QED) is 0.0266. The number of unbranched alkanes of at least 4 members (excludes halogenated alkanes) is 66. The van der Waals surface area contributed by atoms with Crippen molar-refractivity contribution in [1.82, 2.24) is 9.97 Å². The number of ether oxygens (including phenoxy) is 8. The third kappa shape index (κ3) is 49.8. The molecular weight excluding hydrogens is 1580 g/mol. The van der Waals surface area contributed by atoms with Crippen LogP contribution in [0.2, 0.25) is 0 Å². The molecule has 722 valence electrons. The van der Waals surface area contributed by atoms with Gasteiger partial charge < -0.3 is 37.9 Å². The van der Waals surface area contributed by atoms with Crippen LogP contribution in [-0.4, -0.2) is 61.5 Å². The predicted molar refractivity (Wildman–Crippen MR) is 545 cm³/mol. The molecule has 0 amide bonds. The Balaban J connectivity index is 1.24. The van der Waals surface area contributed by atoms with Crippen LogP contribution < -0.4 is 37.9 Å². The molecule has 2 heterocycles. The number of carbonyl (C=O) groups excluding carboxylic acids is 2. The van der Waals surface area contributed by atoms with E-state index in [1.807, 2.05) is 48.5 Å². The zero-order chi connectivity index (χ0) is 90.5. The summed E-state index contributed by atoms with van der Waals surface area (Å²) in [4.78, 5) is 40.4. The highest BCUT2D eigenvalue weighted by Gasteiger charge is 2.26. The van der Waals surface area contributed by atoms with Gasteiger partial charge in [0.1, 0.15) is 0 Å². The second kappa shape index (κ2) is 76.9. The number of rotatable bonds is 89. The largest absolute Gasteiger partial charge is 0.490 e. The molecule has 0 aliphatic rings. The molecule has 0 unspecified atom stereocenters. The smallest absolute Gasteiger partial charge is 0.343 e. The lowest BCUT2D eigenvalue weighted by Gasteiger charge is -2.19. The summed E-state index contributed by atoms with van der Waals surface area (Å²) < 4.78 is 53.7. The maximum atomic E-state index is 15.1. The molecule has 12 heteroatoms. The van der Waals surface area contributed by atoms with Crippen molar-refractivity contribution in [3.05, 3.63) is 96.3 Å². The van der Waals surface area contributed by atoms with Gasteiger partial charge in [0.05, 0.1) is 74.5 Å². The van der Waals surface area contributed by atoms with Gasteiger partial charge in [-0.15, -0.1) is 0 Å². The fourth-order valence-electron chi connectivity index (χ4n) is 18.0. The van der Waals surface area contributed by atoms with Crippen molar-refractivity contribution in [2.24, 2.45) is 0 Å². The highest BCUT2D eigenvalue weighted by molar-refractivity contribution is 6.07. The van der Waals surface area contributed by atoms with Gasteiger partial charge in [-0.25, -0.2) is 9.59 Å². The molecule has 0 aliphatic heterocycles. The van der Waals surface area contributed by atoms with Gasteiger partial charge >= 0.3 is 11.9 Å². The van der Waals surface area contributed by atoms with Crippen molar-refractivity contribution in [3.8, 4) is 57.4 Å². The molecule has 0 atom stereocenters. The van der Waals surface area contributed by atoms with E-state index in [-0.39, 0.29) is 0 Å². The Labute approximate surface area is 783 Å². The summed E-state index contributed by atoms with van der Waals surface area (Å²) in [5, 5.41) is 2.87. The number of esters is 2. The van der Waals surface area contributed by atoms with E-state index in [0.29, 0.717) is 119 Å². The molecule has 2 aromatic heterocycles. The van der Waals surface area contributed by atoms with E-state index in [9.17, 15) is 0 Å². The average molecular weight is 1770 g/mol. The van der Waals surface area contributed by atoms with Crippen molar-refractivity contribution in [2.45, 2.75) is 504 Å². The second-order valence-electron chi connectivity index (χ2n) is 37.8. The second-order valence-corrected chi connectivity index (χ2v) is 37.8. The van der Waals surface area contributed by atoms with E-state index in [2.05, 4.69) is 41.5 Å². The first-order valence-electron chi connectivity index (χ1n) is 54.7. The van der Waals surface area contributed by atoms with Crippen molar-refractivity contribution in [3.63, 3.8) is 0 Å². The molecule has 0 bridgehead atoms. The van der Waals surface area contributed by atoms with E-state index >= 15 is 9.59 Å². The first-order chi connectivity index (χ1) is 63.3. The van der Waals surface area contributed by atoms with E-state index in [4.69, 9.17) is 47.9 Å². The fraction of sp³-hybridized carbons (Fsp3) is 0.724. The molecule has 0 fully saturated rings. The summed E-state index contributed by atoms with van der Waals surface area (Å²) >= 11 is 0.